The van der Waals surface area contributed by atoms with E-state index in [1.54, 1.807) is 12.3 Å². The molecule has 0 unspecified atom stereocenters. The fourth-order valence-electron chi connectivity index (χ4n) is 1.99. The minimum Gasteiger partial charge on any atom is -0.395 e. The minimum absolute atomic E-state index is 0.140. The molecule has 1 aliphatic carbocycles. The van der Waals surface area contributed by atoms with Crippen LogP contribution < -0.4 is 4.90 Å². The van der Waals surface area contributed by atoms with E-state index in [1.165, 1.54) is 19.3 Å². The average molecular weight is 217 g/mol. The van der Waals surface area contributed by atoms with Crippen molar-refractivity contribution in [2.24, 2.45) is 0 Å². The highest BCUT2D eigenvalue weighted by Gasteiger charge is 2.24. The normalized spacial score (nSPS) is 15.2. The summed E-state index contributed by atoms with van der Waals surface area (Å²) in [5, 5.41) is 17.9. The van der Waals surface area contributed by atoms with Crippen LogP contribution in [-0.2, 0) is 0 Å². The van der Waals surface area contributed by atoms with E-state index in [1.807, 2.05) is 12.1 Å². The summed E-state index contributed by atoms with van der Waals surface area (Å²) in [6.07, 6.45) is 5.24. The zero-order chi connectivity index (χ0) is 11.4. The van der Waals surface area contributed by atoms with Crippen LogP contribution in [0.15, 0.2) is 18.3 Å². The van der Waals surface area contributed by atoms with Gasteiger partial charge in [-0.2, -0.15) is 5.26 Å². The van der Waals surface area contributed by atoms with Crippen LogP contribution in [0, 0.1) is 11.3 Å². The largest absolute Gasteiger partial charge is 0.395 e. The number of nitriles is 1. The SMILES string of the molecule is N#Cc1cc(N(CCO)C2CCC2)ccn1. The van der Waals surface area contributed by atoms with Crippen LogP contribution in [-0.4, -0.2) is 29.3 Å². The number of rotatable bonds is 4. The highest BCUT2D eigenvalue weighted by atomic mass is 16.3. The van der Waals surface area contributed by atoms with Gasteiger partial charge in [0.25, 0.3) is 0 Å². The smallest absolute Gasteiger partial charge is 0.142 e. The van der Waals surface area contributed by atoms with Crippen LogP contribution in [0.1, 0.15) is 25.0 Å². The third-order valence-electron chi connectivity index (χ3n) is 3.05. The summed E-state index contributed by atoms with van der Waals surface area (Å²) in [6, 6.07) is 6.24. The number of anilines is 1. The number of aliphatic hydroxyl groups is 1. The predicted octanol–water partition coefficient (Wildman–Crippen LogP) is 1.30. The van der Waals surface area contributed by atoms with Gasteiger partial charge in [-0.1, -0.05) is 0 Å². The zero-order valence-electron chi connectivity index (χ0n) is 9.13. The Labute approximate surface area is 95.1 Å². The highest BCUT2D eigenvalue weighted by molar-refractivity contribution is 5.50. The summed E-state index contributed by atoms with van der Waals surface area (Å²) in [7, 11) is 0. The van der Waals surface area contributed by atoms with Crippen molar-refractivity contribution in [3.8, 4) is 6.07 Å². The molecular formula is C12H15N3O. The molecule has 0 bridgehead atoms. The van der Waals surface area contributed by atoms with Crippen molar-refractivity contribution in [1.29, 1.82) is 5.26 Å². The van der Waals surface area contributed by atoms with Crippen molar-refractivity contribution in [3.05, 3.63) is 24.0 Å². The first-order valence-corrected chi connectivity index (χ1v) is 5.59. The van der Waals surface area contributed by atoms with Gasteiger partial charge in [-0.05, 0) is 31.4 Å². The molecule has 1 heterocycles. The molecule has 1 N–H and O–H groups in total. The Hall–Kier alpha value is -1.60. The second kappa shape index (κ2) is 4.95. The first-order valence-electron chi connectivity index (χ1n) is 5.59. The lowest BCUT2D eigenvalue weighted by atomic mass is 9.91. The number of hydrogen-bond acceptors (Lipinski definition) is 4. The first kappa shape index (κ1) is 10.9. The molecule has 1 fully saturated rings. The van der Waals surface area contributed by atoms with Crippen LogP contribution in [0.5, 0.6) is 0 Å². The first-order chi connectivity index (χ1) is 7.85. The summed E-state index contributed by atoms with van der Waals surface area (Å²) in [6.45, 7) is 0.764. The fraction of sp³-hybridized carbons (Fsp3) is 0.500. The summed E-state index contributed by atoms with van der Waals surface area (Å²) < 4.78 is 0. The Balaban J connectivity index is 2.20. The Morgan fingerprint density at radius 1 is 1.56 bits per heavy atom. The van der Waals surface area contributed by atoms with Crippen molar-refractivity contribution >= 4 is 5.69 Å². The monoisotopic (exact) mass is 217 g/mol. The molecular weight excluding hydrogens is 202 g/mol. The van der Waals surface area contributed by atoms with Crippen LogP contribution in [0.4, 0.5) is 5.69 Å². The number of aromatic nitrogens is 1. The molecule has 1 aromatic heterocycles. The molecule has 0 aromatic carbocycles. The summed E-state index contributed by atoms with van der Waals surface area (Å²) >= 11 is 0. The Kier molecular flexibility index (Phi) is 3.37. The van der Waals surface area contributed by atoms with E-state index >= 15 is 0 Å². The average Bonchev–Trinajstić information content (AvgIpc) is 2.26. The van der Waals surface area contributed by atoms with Gasteiger partial charge in [-0.15, -0.1) is 0 Å². The standard InChI is InChI=1S/C12H15N3O/c13-9-10-8-12(4-5-14-10)15(6-7-16)11-2-1-3-11/h4-5,8,11,16H,1-3,6-7H2. The molecule has 1 aliphatic rings. The summed E-state index contributed by atoms with van der Waals surface area (Å²) in [4.78, 5) is 6.13. The number of aliphatic hydroxyl groups excluding tert-OH is 1. The summed E-state index contributed by atoms with van der Waals surface area (Å²) in [5.74, 6) is 0. The quantitative estimate of drug-likeness (QED) is 0.826. The van der Waals surface area contributed by atoms with Gasteiger partial charge >= 0.3 is 0 Å². The lowest BCUT2D eigenvalue weighted by Gasteiger charge is -2.38. The molecule has 0 radical (unpaired) electrons. The molecule has 1 saturated carbocycles. The molecule has 4 nitrogen and oxygen atoms in total. The van der Waals surface area contributed by atoms with E-state index in [-0.39, 0.29) is 6.61 Å². The van der Waals surface area contributed by atoms with Gasteiger partial charge in [0.1, 0.15) is 11.8 Å². The van der Waals surface area contributed by atoms with Gasteiger partial charge in [0.15, 0.2) is 0 Å². The van der Waals surface area contributed by atoms with Crippen LogP contribution in [0.3, 0.4) is 0 Å². The number of hydrogen-bond donors (Lipinski definition) is 1. The molecule has 0 atom stereocenters. The fourth-order valence-corrected chi connectivity index (χ4v) is 1.99. The van der Waals surface area contributed by atoms with Gasteiger partial charge in [0.05, 0.1) is 6.61 Å². The van der Waals surface area contributed by atoms with E-state index in [0.717, 1.165) is 5.69 Å². The molecule has 16 heavy (non-hydrogen) atoms. The van der Waals surface area contributed by atoms with Gasteiger partial charge in [-0.3, -0.25) is 0 Å². The lowest BCUT2D eigenvalue weighted by molar-refractivity contribution is 0.283. The second-order valence-electron chi connectivity index (χ2n) is 4.01. The molecule has 0 saturated heterocycles. The van der Waals surface area contributed by atoms with Gasteiger partial charge < -0.3 is 10.0 Å². The van der Waals surface area contributed by atoms with Crippen LogP contribution >= 0.6 is 0 Å². The molecule has 0 aliphatic heterocycles. The van der Waals surface area contributed by atoms with E-state index in [2.05, 4.69) is 9.88 Å². The maximum Gasteiger partial charge on any atom is 0.142 e. The third kappa shape index (κ3) is 2.15. The highest BCUT2D eigenvalue weighted by Crippen LogP contribution is 2.29. The van der Waals surface area contributed by atoms with Crippen molar-refractivity contribution < 1.29 is 5.11 Å². The molecule has 4 heteroatoms. The Morgan fingerprint density at radius 2 is 2.38 bits per heavy atom. The van der Waals surface area contributed by atoms with Crippen molar-refractivity contribution in [1.82, 2.24) is 4.98 Å². The molecule has 0 amide bonds. The maximum absolute atomic E-state index is 9.07. The third-order valence-corrected chi connectivity index (χ3v) is 3.05. The molecule has 1 aromatic rings. The van der Waals surface area contributed by atoms with E-state index < -0.39 is 0 Å². The van der Waals surface area contributed by atoms with Gasteiger partial charge in [0.2, 0.25) is 0 Å². The Morgan fingerprint density at radius 3 is 2.94 bits per heavy atom. The van der Waals surface area contributed by atoms with E-state index in [9.17, 15) is 0 Å². The topological polar surface area (TPSA) is 60.2 Å². The predicted molar refractivity (Wildman–Crippen MR) is 61.0 cm³/mol. The van der Waals surface area contributed by atoms with Gasteiger partial charge in [0, 0.05) is 24.5 Å². The zero-order valence-corrected chi connectivity index (χ0v) is 9.13. The molecule has 2 rings (SSSR count). The number of pyridine rings is 1. The van der Waals surface area contributed by atoms with Gasteiger partial charge in [-0.25, -0.2) is 4.98 Å². The van der Waals surface area contributed by atoms with Crippen LogP contribution in [0.25, 0.3) is 0 Å². The maximum atomic E-state index is 9.07. The van der Waals surface area contributed by atoms with Crippen molar-refractivity contribution in [3.63, 3.8) is 0 Å². The number of nitrogens with zero attached hydrogens (tertiary/aromatic N) is 3. The van der Waals surface area contributed by atoms with Crippen LogP contribution in [0.2, 0.25) is 0 Å². The summed E-state index contributed by atoms with van der Waals surface area (Å²) in [5.41, 5.74) is 1.42. The van der Waals surface area contributed by atoms with Crippen molar-refractivity contribution in [2.75, 3.05) is 18.1 Å². The van der Waals surface area contributed by atoms with E-state index in [4.69, 9.17) is 10.4 Å². The van der Waals surface area contributed by atoms with E-state index in [0.29, 0.717) is 18.3 Å². The second-order valence-corrected chi connectivity index (χ2v) is 4.01. The Bertz CT molecular complexity index is 395. The molecule has 0 spiro atoms. The lowest BCUT2D eigenvalue weighted by Crippen LogP contribution is -2.42. The minimum atomic E-state index is 0.140. The molecule has 84 valence electrons. The van der Waals surface area contributed by atoms with Crippen molar-refractivity contribution in [2.45, 2.75) is 25.3 Å².